The van der Waals surface area contributed by atoms with E-state index in [0.29, 0.717) is 0 Å². The van der Waals surface area contributed by atoms with Crippen molar-refractivity contribution in [3.8, 4) is 0 Å². The summed E-state index contributed by atoms with van der Waals surface area (Å²) in [5.41, 5.74) is -11.5. The number of nitro benzene ring substituents is 1. The van der Waals surface area contributed by atoms with E-state index in [0.717, 1.165) is 0 Å². The summed E-state index contributed by atoms with van der Waals surface area (Å²) in [7, 11) is 0. The molecule has 0 spiro atoms. The molecule has 1 aromatic carbocycles. The van der Waals surface area contributed by atoms with Crippen LogP contribution in [-0.4, -0.2) is 27.5 Å². The van der Waals surface area contributed by atoms with E-state index in [4.69, 9.17) is 5.21 Å². The monoisotopic (exact) mass is 371 g/mol. The maximum absolute atomic E-state index is 13.3. The summed E-state index contributed by atoms with van der Waals surface area (Å²) in [5.74, 6) is -3.48. The third kappa shape index (κ3) is 2.85. The molecule has 0 bridgehead atoms. The zero-order valence-corrected chi connectivity index (χ0v) is 11.3. The topological polar surface area (TPSA) is 122 Å². The van der Waals surface area contributed by atoms with Crippen LogP contribution in [0, 0.1) is 10.1 Å². The van der Waals surface area contributed by atoms with Crippen LogP contribution in [0.4, 0.5) is 37.7 Å². The van der Waals surface area contributed by atoms with Crippen molar-refractivity contribution in [2.75, 3.05) is 5.32 Å². The molecule has 1 aliphatic rings. The Morgan fingerprint density at radius 3 is 2.08 bits per heavy atom. The van der Waals surface area contributed by atoms with Gasteiger partial charge in [-0.15, -0.1) is 0 Å². The van der Waals surface area contributed by atoms with Crippen LogP contribution in [0.25, 0.3) is 0 Å². The van der Waals surface area contributed by atoms with Crippen molar-refractivity contribution in [3.05, 3.63) is 32.9 Å². The maximum atomic E-state index is 13.3. The van der Waals surface area contributed by atoms with Gasteiger partial charge < -0.3 is 10.5 Å². The van der Waals surface area contributed by atoms with Crippen molar-refractivity contribution in [3.63, 3.8) is 0 Å². The molecule has 1 heterocycles. The van der Waals surface area contributed by atoms with Crippen LogP contribution in [-0.2, 0) is 21.9 Å². The van der Waals surface area contributed by atoms with Gasteiger partial charge in [-0.05, 0) is 6.07 Å². The quantitative estimate of drug-likeness (QED) is 0.258. The number of halogens is 6. The minimum atomic E-state index is -5.74. The minimum Gasteiger partial charge on any atom is -0.410 e. The van der Waals surface area contributed by atoms with Gasteiger partial charge in [0.2, 0.25) is 0 Å². The number of ketones is 1. The first-order valence-electron chi connectivity index (χ1n) is 5.88. The molecule has 0 aromatic heterocycles. The van der Waals surface area contributed by atoms with Gasteiger partial charge in [-0.3, -0.25) is 19.7 Å². The molecule has 0 radical (unpaired) electrons. The summed E-state index contributed by atoms with van der Waals surface area (Å²) >= 11 is 0. The molecule has 0 unspecified atom stereocenters. The second-order valence-electron chi connectivity index (χ2n) is 4.55. The fraction of sp³-hybridized carbons (Fsp3) is 0.182. The van der Waals surface area contributed by atoms with Gasteiger partial charge in [-0.25, -0.2) is 0 Å². The average molecular weight is 371 g/mol. The summed E-state index contributed by atoms with van der Waals surface area (Å²) in [5, 5.41) is 23.2. The number of alkyl halides is 6. The number of benzene rings is 1. The van der Waals surface area contributed by atoms with Crippen LogP contribution in [0.15, 0.2) is 11.2 Å². The molecular weight excluding hydrogens is 368 g/mol. The Balaban J connectivity index is 3.10. The lowest BCUT2D eigenvalue weighted by Crippen LogP contribution is -2.38. The zero-order chi connectivity index (χ0) is 19.3. The minimum absolute atomic E-state index is 0.141. The molecule has 0 aliphatic carbocycles. The fourth-order valence-electron chi connectivity index (χ4n) is 2.19. The van der Waals surface area contributed by atoms with E-state index in [1.807, 2.05) is 0 Å². The van der Waals surface area contributed by atoms with E-state index in [1.165, 1.54) is 5.32 Å². The van der Waals surface area contributed by atoms with Crippen LogP contribution < -0.4 is 5.32 Å². The normalized spacial score (nSPS) is 16.6. The molecule has 14 heteroatoms. The van der Waals surface area contributed by atoms with Crippen LogP contribution >= 0.6 is 0 Å². The Morgan fingerprint density at radius 1 is 1.12 bits per heavy atom. The van der Waals surface area contributed by atoms with Crippen molar-refractivity contribution in [2.45, 2.75) is 12.4 Å². The van der Waals surface area contributed by atoms with E-state index in [9.17, 15) is 46.0 Å². The third-order valence-electron chi connectivity index (χ3n) is 3.08. The van der Waals surface area contributed by atoms with Gasteiger partial charge in [0.05, 0.1) is 16.2 Å². The van der Waals surface area contributed by atoms with E-state index < -0.39 is 62.7 Å². The first kappa shape index (κ1) is 18.2. The van der Waals surface area contributed by atoms with E-state index in [-0.39, 0.29) is 6.07 Å². The van der Waals surface area contributed by atoms with Gasteiger partial charge in [0.15, 0.2) is 5.71 Å². The Bertz CT molecular complexity index is 842. The molecule has 1 aliphatic heterocycles. The van der Waals surface area contributed by atoms with Crippen molar-refractivity contribution in [2.24, 2.45) is 5.16 Å². The van der Waals surface area contributed by atoms with Gasteiger partial charge in [-0.2, -0.15) is 26.3 Å². The molecule has 8 nitrogen and oxygen atoms in total. The number of nitro groups is 1. The SMILES string of the molecule is O=C1Nc2cc(C(F)(F)F)c([N+](=O)[O-])c(C(F)(F)F)c2/C(=N/O)C1=O. The smallest absolute Gasteiger partial charge is 0.410 e. The van der Waals surface area contributed by atoms with Gasteiger partial charge >= 0.3 is 12.4 Å². The average Bonchev–Trinajstić information content (AvgIpc) is 2.44. The number of amides is 1. The maximum Gasteiger partial charge on any atom is 0.423 e. The van der Waals surface area contributed by atoms with Gasteiger partial charge in [0.1, 0.15) is 11.1 Å². The molecule has 0 atom stereocenters. The highest BCUT2D eigenvalue weighted by atomic mass is 19.4. The lowest BCUT2D eigenvalue weighted by atomic mass is 9.90. The van der Waals surface area contributed by atoms with Crippen molar-refractivity contribution >= 4 is 28.8 Å². The van der Waals surface area contributed by atoms with Crippen molar-refractivity contribution in [1.29, 1.82) is 0 Å². The van der Waals surface area contributed by atoms with E-state index in [2.05, 4.69) is 5.16 Å². The molecular formula is C11H3F6N3O5. The highest BCUT2D eigenvalue weighted by Crippen LogP contribution is 2.48. The Labute approximate surface area is 131 Å². The number of nitrogens with one attached hydrogen (secondary N) is 1. The van der Waals surface area contributed by atoms with Gasteiger partial charge in [0.25, 0.3) is 17.4 Å². The van der Waals surface area contributed by atoms with Crippen LogP contribution in [0.2, 0.25) is 0 Å². The second kappa shape index (κ2) is 5.42. The van der Waals surface area contributed by atoms with Crippen LogP contribution in [0.1, 0.15) is 16.7 Å². The van der Waals surface area contributed by atoms with Crippen molar-refractivity contribution in [1.82, 2.24) is 0 Å². The summed E-state index contributed by atoms with van der Waals surface area (Å²) in [6, 6.07) is -0.141. The number of nitrogens with zero attached hydrogens (tertiary/aromatic N) is 2. The largest absolute Gasteiger partial charge is 0.423 e. The molecule has 0 fully saturated rings. The molecule has 2 rings (SSSR count). The Hall–Kier alpha value is -3.19. The number of oxime groups is 1. The van der Waals surface area contributed by atoms with Crippen molar-refractivity contribution < 1.29 is 46.1 Å². The highest BCUT2D eigenvalue weighted by molar-refractivity contribution is 6.72. The molecule has 25 heavy (non-hydrogen) atoms. The Kier molecular flexibility index (Phi) is 3.94. The zero-order valence-electron chi connectivity index (χ0n) is 11.3. The number of carbonyl (C=O) groups is 2. The first-order chi connectivity index (χ1) is 11.3. The standard InChI is InChI=1S/C11H3F6N3O5/c12-10(13,14)2-1-3-4(6(19-23)8(21)9(22)18-3)5(11(15,16)17)7(2)20(24)25/h1,23H,(H,18,22)/b19-6-. The number of hydrogen-bond acceptors (Lipinski definition) is 6. The van der Waals surface area contributed by atoms with Crippen LogP contribution in [0.5, 0.6) is 0 Å². The molecule has 0 saturated carbocycles. The van der Waals surface area contributed by atoms with Gasteiger partial charge in [-0.1, -0.05) is 5.16 Å². The highest BCUT2D eigenvalue weighted by Gasteiger charge is 2.52. The van der Waals surface area contributed by atoms with Gasteiger partial charge in [0, 0.05) is 0 Å². The van der Waals surface area contributed by atoms with E-state index >= 15 is 0 Å². The third-order valence-corrected chi connectivity index (χ3v) is 3.08. The number of anilines is 1. The number of fused-ring (bicyclic) bond motifs is 1. The predicted octanol–water partition coefficient (Wildman–Crippen LogP) is 2.33. The molecule has 1 aromatic rings. The fourth-order valence-corrected chi connectivity index (χ4v) is 2.19. The number of rotatable bonds is 1. The second-order valence-corrected chi connectivity index (χ2v) is 4.55. The van der Waals surface area contributed by atoms with Crippen LogP contribution in [0.3, 0.4) is 0 Å². The summed E-state index contributed by atoms with van der Waals surface area (Å²) in [4.78, 5) is 31.8. The summed E-state index contributed by atoms with van der Waals surface area (Å²) in [6.45, 7) is 0. The predicted molar refractivity (Wildman–Crippen MR) is 65.1 cm³/mol. The molecule has 2 N–H and O–H groups in total. The lowest BCUT2D eigenvalue weighted by Gasteiger charge is -2.23. The number of hydrogen-bond donors (Lipinski definition) is 2. The summed E-state index contributed by atoms with van der Waals surface area (Å²) in [6.07, 6.45) is -11.3. The first-order valence-corrected chi connectivity index (χ1v) is 5.88. The summed E-state index contributed by atoms with van der Waals surface area (Å²) < 4.78 is 78.7. The Morgan fingerprint density at radius 2 is 1.68 bits per heavy atom. The molecule has 0 saturated heterocycles. The van der Waals surface area contributed by atoms with E-state index in [1.54, 1.807) is 0 Å². The number of Topliss-reactive ketones (excluding diaryl/α,β-unsaturated/α-hetero) is 1. The number of carbonyl (C=O) groups excluding carboxylic acids is 2. The molecule has 1 amide bonds. The lowest BCUT2D eigenvalue weighted by molar-refractivity contribution is -0.391. The molecule has 134 valence electrons.